The number of thiophene rings is 1. The molecule has 1 heterocycles. The summed E-state index contributed by atoms with van der Waals surface area (Å²) in [6.45, 7) is 3.54. The quantitative estimate of drug-likeness (QED) is 0.805. The molecule has 0 spiro atoms. The molecule has 0 bridgehead atoms. The molecule has 1 aromatic carbocycles. The number of hydrogen-bond donors (Lipinski definition) is 1. The van der Waals surface area contributed by atoms with Crippen LogP contribution in [0.2, 0.25) is 0 Å². The minimum absolute atomic E-state index is 0.445. The second-order valence-electron chi connectivity index (χ2n) is 6.54. The third-order valence-electron chi connectivity index (χ3n) is 4.39. The average Bonchev–Trinajstić information content (AvgIpc) is 3.01. The van der Waals surface area contributed by atoms with E-state index in [4.69, 9.17) is 4.74 Å². The van der Waals surface area contributed by atoms with Gasteiger partial charge in [0, 0.05) is 4.88 Å². The van der Waals surface area contributed by atoms with Crippen molar-refractivity contribution in [3.05, 3.63) is 51.2 Å². The second kappa shape index (κ2) is 7.53. The van der Waals surface area contributed by atoms with Crippen LogP contribution in [0, 0.1) is 17.6 Å². The lowest BCUT2D eigenvalue weighted by atomic mass is 9.90. The van der Waals surface area contributed by atoms with Crippen LogP contribution in [0.4, 0.5) is 14.5 Å². The zero-order valence-corrected chi connectivity index (χ0v) is 15.3. The Bertz CT molecular complexity index is 829. The van der Waals surface area contributed by atoms with Gasteiger partial charge in [-0.2, -0.15) is 0 Å². The van der Waals surface area contributed by atoms with Gasteiger partial charge >= 0.3 is 5.97 Å². The van der Waals surface area contributed by atoms with Crippen molar-refractivity contribution in [1.82, 2.24) is 0 Å². The number of halogens is 2. The van der Waals surface area contributed by atoms with Gasteiger partial charge in [0.2, 0.25) is 0 Å². The zero-order valence-electron chi connectivity index (χ0n) is 14.5. The molecule has 0 aliphatic heterocycles. The van der Waals surface area contributed by atoms with E-state index >= 15 is 0 Å². The van der Waals surface area contributed by atoms with Gasteiger partial charge in [-0.3, -0.25) is 4.79 Å². The van der Waals surface area contributed by atoms with Crippen LogP contribution in [0.1, 0.15) is 40.4 Å². The maximum Gasteiger partial charge on any atom is 0.349 e. The Morgan fingerprint density at radius 2 is 2.00 bits per heavy atom. The monoisotopic (exact) mass is 379 g/mol. The van der Waals surface area contributed by atoms with Crippen molar-refractivity contribution in [1.29, 1.82) is 0 Å². The number of nitrogens with one attached hydrogen (secondary N) is 1. The van der Waals surface area contributed by atoms with Gasteiger partial charge in [-0.25, -0.2) is 13.6 Å². The maximum absolute atomic E-state index is 13.6. The molecule has 1 aromatic heterocycles. The Morgan fingerprint density at radius 3 is 2.69 bits per heavy atom. The smallest absolute Gasteiger partial charge is 0.349 e. The number of carbonyl (C=O) groups is 2. The highest BCUT2D eigenvalue weighted by molar-refractivity contribution is 7.14. The van der Waals surface area contributed by atoms with Crippen molar-refractivity contribution in [3.8, 4) is 0 Å². The van der Waals surface area contributed by atoms with Crippen molar-refractivity contribution in [2.45, 2.75) is 39.2 Å². The number of aryl methyl sites for hydroxylation is 1. The van der Waals surface area contributed by atoms with Crippen LogP contribution in [0.5, 0.6) is 0 Å². The first-order valence-corrected chi connectivity index (χ1v) is 9.24. The lowest BCUT2D eigenvalue weighted by Crippen LogP contribution is -2.30. The van der Waals surface area contributed by atoms with Crippen molar-refractivity contribution in [2.75, 3.05) is 5.32 Å². The molecular weight excluding hydrogens is 360 g/mol. The first-order chi connectivity index (χ1) is 12.3. The van der Waals surface area contributed by atoms with Gasteiger partial charge in [-0.15, -0.1) is 11.3 Å². The van der Waals surface area contributed by atoms with Crippen LogP contribution >= 0.6 is 11.3 Å². The van der Waals surface area contributed by atoms with Crippen molar-refractivity contribution in [3.63, 3.8) is 0 Å². The SMILES string of the molecule is C[C@H]1CCc2sc(C(=O)O[C@@H](C)C(=O)Nc3c(F)cccc3F)cc2C1. The third-order valence-corrected chi connectivity index (χ3v) is 5.61. The normalized spacial score (nSPS) is 17.3. The fraction of sp³-hybridized carbons (Fsp3) is 0.368. The number of ether oxygens (including phenoxy) is 1. The third kappa shape index (κ3) is 3.93. The average molecular weight is 379 g/mol. The molecule has 1 N–H and O–H groups in total. The fourth-order valence-corrected chi connectivity index (χ4v) is 4.01. The molecule has 0 fully saturated rings. The number of amides is 1. The molecule has 0 radical (unpaired) electrons. The highest BCUT2D eigenvalue weighted by atomic mass is 32.1. The molecule has 1 aliphatic rings. The summed E-state index contributed by atoms with van der Waals surface area (Å²) in [5.74, 6) is -2.60. The van der Waals surface area contributed by atoms with Gasteiger partial charge in [0.1, 0.15) is 22.2 Å². The van der Waals surface area contributed by atoms with Gasteiger partial charge in [0.05, 0.1) is 0 Å². The first kappa shape index (κ1) is 18.5. The molecule has 1 aliphatic carbocycles. The summed E-state index contributed by atoms with van der Waals surface area (Å²) in [7, 11) is 0. The summed E-state index contributed by atoms with van der Waals surface area (Å²) in [6, 6.07) is 5.08. The van der Waals surface area contributed by atoms with Crippen LogP contribution in [-0.2, 0) is 22.4 Å². The Labute approximate surface area is 154 Å². The Morgan fingerprint density at radius 1 is 1.31 bits per heavy atom. The van der Waals surface area contributed by atoms with Crippen molar-refractivity contribution < 1.29 is 23.1 Å². The number of para-hydroxylation sites is 1. The largest absolute Gasteiger partial charge is 0.448 e. The van der Waals surface area contributed by atoms with Gasteiger partial charge in [-0.1, -0.05) is 13.0 Å². The summed E-state index contributed by atoms with van der Waals surface area (Å²) in [5, 5.41) is 2.13. The molecule has 1 amide bonds. The molecule has 26 heavy (non-hydrogen) atoms. The minimum Gasteiger partial charge on any atom is -0.448 e. The molecule has 2 atom stereocenters. The molecule has 0 saturated carbocycles. The summed E-state index contributed by atoms with van der Waals surface area (Å²) in [5.41, 5.74) is 0.604. The highest BCUT2D eigenvalue weighted by Gasteiger charge is 2.25. The van der Waals surface area contributed by atoms with E-state index in [0.29, 0.717) is 10.8 Å². The fourth-order valence-electron chi connectivity index (χ4n) is 2.92. The van der Waals surface area contributed by atoms with E-state index in [1.165, 1.54) is 29.2 Å². The Hall–Kier alpha value is -2.28. The van der Waals surface area contributed by atoms with Gasteiger partial charge in [-0.05, 0) is 55.9 Å². The summed E-state index contributed by atoms with van der Waals surface area (Å²) in [6.07, 6.45) is 1.79. The minimum atomic E-state index is -1.18. The van der Waals surface area contributed by atoms with E-state index in [0.717, 1.165) is 37.0 Å². The van der Waals surface area contributed by atoms with Gasteiger partial charge in [0.25, 0.3) is 5.91 Å². The first-order valence-electron chi connectivity index (χ1n) is 8.42. The van der Waals surface area contributed by atoms with E-state index in [2.05, 4.69) is 12.2 Å². The van der Waals surface area contributed by atoms with Gasteiger partial charge in [0.15, 0.2) is 6.10 Å². The number of anilines is 1. The number of rotatable bonds is 4. The summed E-state index contributed by atoms with van der Waals surface area (Å²) in [4.78, 5) is 26.0. The maximum atomic E-state index is 13.6. The van der Waals surface area contributed by atoms with E-state index in [9.17, 15) is 18.4 Å². The molecule has 138 valence electrons. The molecule has 3 rings (SSSR count). The predicted molar refractivity (Wildman–Crippen MR) is 95.4 cm³/mol. The molecule has 0 unspecified atom stereocenters. The van der Waals surface area contributed by atoms with Crippen molar-refractivity contribution >= 4 is 28.9 Å². The summed E-state index contributed by atoms with van der Waals surface area (Å²) >= 11 is 1.38. The topological polar surface area (TPSA) is 55.4 Å². The Kier molecular flexibility index (Phi) is 5.36. The van der Waals surface area contributed by atoms with Crippen LogP contribution in [-0.4, -0.2) is 18.0 Å². The van der Waals surface area contributed by atoms with E-state index in [-0.39, 0.29) is 0 Å². The number of benzene rings is 1. The van der Waals surface area contributed by atoms with Crippen molar-refractivity contribution in [2.24, 2.45) is 5.92 Å². The number of carbonyl (C=O) groups excluding carboxylic acids is 2. The molecule has 7 heteroatoms. The number of fused-ring (bicyclic) bond motifs is 1. The molecule has 2 aromatic rings. The predicted octanol–water partition coefficient (Wildman–Crippen LogP) is 4.34. The highest BCUT2D eigenvalue weighted by Crippen LogP contribution is 2.32. The summed E-state index contributed by atoms with van der Waals surface area (Å²) < 4.78 is 32.4. The lowest BCUT2D eigenvalue weighted by molar-refractivity contribution is -0.123. The Balaban J connectivity index is 1.65. The zero-order chi connectivity index (χ0) is 18.8. The van der Waals surface area contributed by atoms with Gasteiger partial charge < -0.3 is 10.1 Å². The number of esters is 1. The molecule has 0 saturated heterocycles. The number of hydrogen-bond acceptors (Lipinski definition) is 4. The lowest BCUT2D eigenvalue weighted by Gasteiger charge is -2.16. The van der Waals surface area contributed by atoms with E-state index < -0.39 is 35.3 Å². The second-order valence-corrected chi connectivity index (χ2v) is 7.68. The van der Waals surface area contributed by atoms with Crippen LogP contribution < -0.4 is 5.32 Å². The standard InChI is InChI=1S/C19H19F2NO3S/c1-10-6-7-15-12(8-10)9-16(26-15)19(24)25-11(2)18(23)22-17-13(20)4-3-5-14(17)21/h3-5,9-11H,6-8H2,1-2H3,(H,22,23)/t10-,11-/m0/s1. The van der Waals surface area contributed by atoms with Crippen LogP contribution in [0.3, 0.4) is 0 Å². The molecular formula is C19H19F2NO3S. The molecule has 4 nitrogen and oxygen atoms in total. The van der Waals surface area contributed by atoms with Crippen LogP contribution in [0.25, 0.3) is 0 Å². The van der Waals surface area contributed by atoms with Crippen LogP contribution in [0.15, 0.2) is 24.3 Å². The van der Waals surface area contributed by atoms with E-state index in [1.54, 1.807) is 0 Å². The van der Waals surface area contributed by atoms with E-state index in [1.807, 2.05) is 6.07 Å².